The lowest BCUT2D eigenvalue weighted by Gasteiger charge is -2.31. The second-order valence-corrected chi connectivity index (χ2v) is 5.58. The summed E-state index contributed by atoms with van der Waals surface area (Å²) in [4.78, 5) is 6.13. The van der Waals surface area contributed by atoms with Gasteiger partial charge in [-0.15, -0.1) is 0 Å². The number of alkyl halides is 3. The molecule has 1 aromatic heterocycles. The highest BCUT2D eigenvalue weighted by molar-refractivity contribution is 5.25. The Morgan fingerprint density at radius 3 is 2.59 bits per heavy atom. The highest BCUT2D eigenvalue weighted by Crippen LogP contribution is 2.30. The van der Waals surface area contributed by atoms with Crippen LogP contribution in [-0.4, -0.2) is 32.8 Å². The van der Waals surface area contributed by atoms with Crippen molar-refractivity contribution in [1.82, 2.24) is 19.7 Å². The van der Waals surface area contributed by atoms with E-state index >= 15 is 0 Å². The number of hydrogen-bond donors (Lipinski definition) is 0. The van der Waals surface area contributed by atoms with Gasteiger partial charge >= 0.3 is 6.18 Å². The van der Waals surface area contributed by atoms with Crippen LogP contribution in [0.5, 0.6) is 0 Å². The maximum atomic E-state index is 12.7. The van der Waals surface area contributed by atoms with Gasteiger partial charge in [-0.3, -0.25) is 4.90 Å². The third kappa shape index (κ3) is 3.47. The van der Waals surface area contributed by atoms with E-state index in [1.807, 2.05) is 4.68 Å². The highest BCUT2D eigenvalue weighted by Gasteiger charge is 2.30. The Balaban J connectivity index is 1.59. The average Bonchev–Trinajstić information content (AvgIpc) is 3.02. The van der Waals surface area contributed by atoms with Crippen LogP contribution in [0.2, 0.25) is 0 Å². The van der Waals surface area contributed by atoms with Crippen LogP contribution in [0.15, 0.2) is 36.9 Å². The lowest BCUT2D eigenvalue weighted by Crippen LogP contribution is -2.34. The predicted octanol–water partition coefficient (Wildman–Crippen LogP) is 3.13. The Labute approximate surface area is 126 Å². The fourth-order valence-electron chi connectivity index (χ4n) is 2.85. The number of rotatable bonds is 3. The molecule has 0 unspecified atom stereocenters. The molecule has 0 bridgehead atoms. The highest BCUT2D eigenvalue weighted by atomic mass is 19.4. The lowest BCUT2D eigenvalue weighted by atomic mass is 10.0. The van der Waals surface area contributed by atoms with Crippen molar-refractivity contribution in [3.05, 3.63) is 48.0 Å². The van der Waals surface area contributed by atoms with Crippen LogP contribution in [0.4, 0.5) is 13.2 Å². The van der Waals surface area contributed by atoms with Crippen LogP contribution in [0, 0.1) is 0 Å². The molecule has 0 spiro atoms. The first-order chi connectivity index (χ1) is 10.5. The Morgan fingerprint density at radius 2 is 1.95 bits per heavy atom. The summed E-state index contributed by atoms with van der Waals surface area (Å²) >= 11 is 0. The fraction of sp³-hybridized carbons (Fsp3) is 0.467. The van der Waals surface area contributed by atoms with Crippen molar-refractivity contribution in [2.75, 3.05) is 13.1 Å². The van der Waals surface area contributed by atoms with Gasteiger partial charge in [-0.1, -0.05) is 18.2 Å². The Bertz CT molecular complexity index is 602. The summed E-state index contributed by atoms with van der Waals surface area (Å²) in [5.74, 6) is 0. The molecule has 0 atom stereocenters. The van der Waals surface area contributed by atoms with Crippen LogP contribution in [-0.2, 0) is 12.7 Å². The summed E-state index contributed by atoms with van der Waals surface area (Å²) in [5, 5.41) is 4.15. The zero-order valence-electron chi connectivity index (χ0n) is 12.0. The molecule has 0 amide bonds. The molecule has 1 aliphatic rings. The van der Waals surface area contributed by atoms with E-state index in [2.05, 4.69) is 15.0 Å². The minimum Gasteiger partial charge on any atom is -0.299 e. The Hall–Kier alpha value is -1.89. The molecular weight excluding hydrogens is 293 g/mol. The molecule has 1 aromatic carbocycles. The third-order valence-corrected chi connectivity index (χ3v) is 4.03. The van der Waals surface area contributed by atoms with Crippen LogP contribution < -0.4 is 0 Å². The van der Waals surface area contributed by atoms with E-state index < -0.39 is 11.7 Å². The van der Waals surface area contributed by atoms with Gasteiger partial charge in [-0.25, -0.2) is 9.67 Å². The fourth-order valence-corrected chi connectivity index (χ4v) is 2.85. The maximum absolute atomic E-state index is 12.7. The first-order valence-electron chi connectivity index (χ1n) is 7.25. The molecule has 2 aromatic rings. The van der Waals surface area contributed by atoms with Crippen molar-refractivity contribution in [2.45, 2.75) is 31.6 Å². The molecule has 3 rings (SSSR count). The molecule has 0 aliphatic carbocycles. The monoisotopic (exact) mass is 310 g/mol. The van der Waals surface area contributed by atoms with Crippen molar-refractivity contribution >= 4 is 0 Å². The summed E-state index contributed by atoms with van der Waals surface area (Å²) in [7, 11) is 0. The van der Waals surface area contributed by atoms with Crippen LogP contribution >= 0.6 is 0 Å². The molecule has 0 saturated carbocycles. The third-order valence-electron chi connectivity index (χ3n) is 4.03. The molecule has 1 aliphatic heterocycles. The van der Waals surface area contributed by atoms with Gasteiger partial charge < -0.3 is 0 Å². The predicted molar refractivity (Wildman–Crippen MR) is 75.0 cm³/mol. The first kappa shape index (κ1) is 15.0. The number of piperidine rings is 1. The van der Waals surface area contributed by atoms with Crippen LogP contribution in [0.1, 0.15) is 30.0 Å². The number of halogens is 3. The summed E-state index contributed by atoms with van der Waals surface area (Å²) in [5.41, 5.74) is 0.122. The maximum Gasteiger partial charge on any atom is 0.416 e. The number of likely N-dealkylation sites (tertiary alicyclic amines) is 1. The number of hydrogen-bond acceptors (Lipinski definition) is 3. The van der Waals surface area contributed by atoms with Crippen molar-refractivity contribution in [3.8, 4) is 0 Å². The molecule has 22 heavy (non-hydrogen) atoms. The first-order valence-corrected chi connectivity index (χ1v) is 7.25. The van der Waals surface area contributed by atoms with Gasteiger partial charge in [0.25, 0.3) is 0 Å². The number of aromatic nitrogens is 3. The van der Waals surface area contributed by atoms with Gasteiger partial charge in [0.05, 0.1) is 11.6 Å². The van der Waals surface area contributed by atoms with E-state index in [0.29, 0.717) is 18.2 Å². The number of nitrogens with zero attached hydrogens (tertiary/aromatic N) is 4. The number of benzene rings is 1. The van der Waals surface area contributed by atoms with Crippen molar-refractivity contribution < 1.29 is 13.2 Å². The van der Waals surface area contributed by atoms with Gasteiger partial charge in [0.15, 0.2) is 0 Å². The zero-order valence-corrected chi connectivity index (χ0v) is 12.0. The van der Waals surface area contributed by atoms with E-state index in [0.717, 1.165) is 32.0 Å². The Kier molecular flexibility index (Phi) is 4.15. The van der Waals surface area contributed by atoms with Crippen molar-refractivity contribution in [3.63, 3.8) is 0 Å². The molecule has 1 fully saturated rings. The van der Waals surface area contributed by atoms with E-state index in [-0.39, 0.29) is 0 Å². The van der Waals surface area contributed by atoms with E-state index in [9.17, 15) is 13.2 Å². The van der Waals surface area contributed by atoms with Crippen LogP contribution in [0.25, 0.3) is 0 Å². The standard InChI is InChI=1S/C15H17F3N4/c16-15(17,18)13-3-1-2-12(8-13)9-21-6-4-14(5-7-21)22-11-19-10-20-22/h1-3,8,10-11,14H,4-7,9H2. The van der Waals surface area contributed by atoms with E-state index in [4.69, 9.17) is 0 Å². The zero-order chi connectivity index (χ0) is 15.6. The second-order valence-electron chi connectivity index (χ2n) is 5.58. The molecule has 7 heteroatoms. The van der Waals surface area contributed by atoms with Crippen molar-refractivity contribution in [2.24, 2.45) is 0 Å². The quantitative estimate of drug-likeness (QED) is 0.873. The topological polar surface area (TPSA) is 34.0 Å². The van der Waals surface area contributed by atoms with Gasteiger partial charge in [-0.05, 0) is 24.5 Å². The van der Waals surface area contributed by atoms with Gasteiger partial charge in [-0.2, -0.15) is 18.3 Å². The average molecular weight is 310 g/mol. The molecule has 0 N–H and O–H groups in total. The normalized spacial score (nSPS) is 17.8. The minimum atomic E-state index is -4.28. The summed E-state index contributed by atoms with van der Waals surface area (Å²) < 4.78 is 40.0. The van der Waals surface area contributed by atoms with E-state index in [1.165, 1.54) is 18.5 Å². The van der Waals surface area contributed by atoms with Gasteiger partial charge in [0.1, 0.15) is 12.7 Å². The Morgan fingerprint density at radius 1 is 1.18 bits per heavy atom. The molecule has 2 heterocycles. The minimum absolute atomic E-state index is 0.334. The van der Waals surface area contributed by atoms with Gasteiger partial charge in [0, 0.05) is 19.6 Å². The second kappa shape index (κ2) is 6.08. The molecule has 1 saturated heterocycles. The summed E-state index contributed by atoms with van der Waals surface area (Å²) in [6.45, 7) is 2.25. The lowest BCUT2D eigenvalue weighted by molar-refractivity contribution is -0.137. The molecule has 4 nitrogen and oxygen atoms in total. The van der Waals surface area contributed by atoms with Crippen LogP contribution in [0.3, 0.4) is 0 Å². The SMILES string of the molecule is FC(F)(F)c1cccc(CN2CCC(n3cncn3)CC2)c1. The largest absolute Gasteiger partial charge is 0.416 e. The smallest absolute Gasteiger partial charge is 0.299 e. The molecule has 118 valence electrons. The van der Waals surface area contributed by atoms with E-state index in [1.54, 1.807) is 12.4 Å². The summed E-state index contributed by atoms with van der Waals surface area (Å²) in [6, 6.07) is 5.91. The van der Waals surface area contributed by atoms with Crippen molar-refractivity contribution in [1.29, 1.82) is 0 Å². The molecule has 0 radical (unpaired) electrons. The molecular formula is C15H17F3N4. The van der Waals surface area contributed by atoms with Gasteiger partial charge in [0.2, 0.25) is 0 Å². The summed E-state index contributed by atoms with van der Waals surface area (Å²) in [6.07, 6.45) is 0.822.